The number of nitrogens with one attached hydrogen (secondary N) is 1. The van der Waals surface area contributed by atoms with E-state index in [4.69, 9.17) is 4.74 Å². The summed E-state index contributed by atoms with van der Waals surface area (Å²) in [6.45, 7) is 1.86. The predicted octanol–water partition coefficient (Wildman–Crippen LogP) is 2.68. The second kappa shape index (κ2) is 3.88. The number of amides is 1. The van der Waals surface area contributed by atoms with Crippen LogP contribution in [0.25, 0.3) is 0 Å². The van der Waals surface area contributed by atoms with E-state index in [0.29, 0.717) is 11.3 Å². The molecule has 1 aliphatic heterocycles. The fraction of sp³-hybridized carbons (Fsp3) is 0.133. The maximum absolute atomic E-state index is 12.1. The highest BCUT2D eigenvalue weighted by Gasteiger charge is 2.36. The SMILES string of the molecule is C[C@@]1(c2ccccc2)NC(=O)c2ccccc2O1. The Morgan fingerprint density at radius 2 is 1.67 bits per heavy atom. The molecule has 3 nitrogen and oxygen atoms in total. The maximum Gasteiger partial charge on any atom is 0.258 e. The van der Waals surface area contributed by atoms with Crippen LogP contribution in [0.1, 0.15) is 22.8 Å². The van der Waals surface area contributed by atoms with E-state index in [0.717, 1.165) is 5.56 Å². The van der Waals surface area contributed by atoms with E-state index >= 15 is 0 Å². The summed E-state index contributed by atoms with van der Waals surface area (Å²) in [5.41, 5.74) is 0.686. The first-order valence-corrected chi connectivity index (χ1v) is 5.85. The molecule has 90 valence electrons. The smallest absolute Gasteiger partial charge is 0.258 e. The monoisotopic (exact) mass is 239 g/mol. The van der Waals surface area contributed by atoms with Gasteiger partial charge in [-0.15, -0.1) is 0 Å². The van der Waals surface area contributed by atoms with Gasteiger partial charge in [0, 0.05) is 5.56 Å². The number of hydrogen-bond donors (Lipinski definition) is 1. The van der Waals surface area contributed by atoms with Gasteiger partial charge in [-0.05, 0) is 19.1 Å². The van der Waals surface area contributed by atoms with Gasteiger partial charge in [0.15, 0.2) is 0 Å². The zero-order chi connectivity index (χ0) is 12.6. The largest absolute Gasteiger partial charge is 0.463 e. The summed E-state index contributed by atoms with van der Waals surface area (Å²) >= 11 is 0. The zero-order valence-electron chi connectivity index (χ0n) is 10.0. The highest BCUT2D eigenvalue weighted by atomic mass is 16.5. The number of hydrogen-bond acceptors (Lipinski definition) is 2. The number of carbonyl (C=O) groups excluding carboxylic acids is 1. The second-order valence-electron chi connectivity index (χ2n) is 4.45. The number of rotatable bonds is 1. The molecular formula is C15H13NO2. The van der Waals surface area contributed by atoms with Gasteiger partial charge in [-0.1, -0.05) is 42.5 Å². The van der Waals surface area contributed by atoms with E-state index in [1.165, 1.54) is 0 Å². The van der Waals surface area contributed by atoms with Crippen molar-refractivity contribution in [3.63, 3.8) is 0 Å². The lowest BCUT2D eigenvalue weighted by molar-refractivity contribution is 0.0289. The molecular weight excluding hydrogens is 226 g/mol. The van der Waals surface area contributed by atoms with Gasteiger partial charge in [-0.25, -0.2) is 0 Å². The molecule has 0 fully saturated rings. The van der Waals surface area contributed by atoms with Gasteiger partial charge in [-0.3, -0.25) is 4.79 Å². The van der Waals surface area contributed by atoms with Crippen molar-refractivity contribution in [2.75, 3.05) is 0 Å². The van der Waals surface area contributed by atoms with Crippen LogP contribution in [0, 0.1) is 0 Å². The van der Waals surface area contributed by atoms with Crippen LogP contribution >= 0.6 is 0 Å². The fourth-order valence-corrected chi connectivity index (χ4v) is 2.16. The number of fused-ring (bicyclic) bond motifs is 1. The number of ether oxygens (including phenoxy) is 1. The third-order valence-electron chi connectivity index (χ3n) is 3.12. The Morgan fingerprint density at radius 1 is 1.00 bits per heavy atom. The Morgan fingerprint density at radius 3 is 2.44 bits per heavy atom. The molecule has 0 radical (unpaired) electrons. The normalized spacial score (nSPS) is 21.7. The molecule has 18 heavy (non-hydrogen) atoms. The van der Waals surface area contributed by atoms with Crippen LogP contribution in [0.4, 0.5) is 0 Å². The molecule has 3 heteroatoms. The fourth-order valence-electron chi connectivity index (χ4n) is 2.16. The Hall–Kier alpha value is -2.29. The van der Waals surface area contributed by atoms with Crippen LogP contribution < -0.4 is 10.1 Å². The quantitative estimate of drug-likeness (QED) is 0.830. The van der Waals surface area contributed by atoms with E-state index in [9.17, 15) is 4.79 Å². The molecule has 3 rings (SSSR count). The van der Waals surface area contributed by atoms with Crippen LogP contribution in [0.3, 0.4) is 0 Å². The van der Waals surface area contributed by atoms with Gasteiger partial charge in [0.2, 0.25) is 5.72 Å². The van der Waals surface area contributed by atoms with Crippen molar-refractivity contribution < 1.29 is 9.53 Å². The van der Waals surface area contributed by atoms with Crippen LogP contribution in [0.2, 0.25) is 0 Å². The van der Waals surface area contributed by atoms with Crippen molar-refractivity contribution in [3.05, 3.63) is 65.7 Å². The highest BCUT2D eigenvalue weighted by Crippen LogP contribution is 2.32. The standard InChI is InChI=1S/C15H13NO2/c1-15(11-7-3-2-4-8-11)16-14(17)12-9-5-6-10-13(12)18-15/h2-10H,1H3,(H,16,17)/t15-/m1/s1. The summed E-state index contributed by atoms with van der Waals surface area (Å²) in [4.78, 5) is 12.1. The van der Waals surface area contributed by atoms with Crippen molar-refractivity contribution in [2.45, 2.75) is 12.6 Å². The summed E-state index contributed by atoms with van der Waals surface area (Å²) in [5, 5.41) is 2.90. The lowest BCUT2D eigenvalue weighted by Gasteiger charge is -2.36. The molecule has 1 amide bonds. The third kappa shape index (κ3) is 1.64. The van der Waals surface area contributed by atoms with Crippen LogP contribution in [-0.4, -0.2) is 5.91 Å². The summed E-state index contributed by atoms with van der Waals surface area (Å²) in [7, 11) is 0. The first-order chi connectivity index (χ1) is 8.69. The van der Waals surface area contributed by atoms with Crippen molar-refractivity contribution in [1.29, 1.82) is 0 Å². The maximum atomic E-state index is 12.1. The average molecular weight is 239 g/mol. The lowest BCUT2D eigenvalue weighted by Crippen LogP contribution is -2.51. The van der Waals surface area contributed by atoms with Crippen LogP contribution in [-0.2, 0) is 5.72 Å². The van der Waals surface area contributed by atoms with Crippen LogP contribution in [0.15, 0.2) is 54.6 Å². The Bertz CT molecular complexity index is 594. The van der Waals surface area contributed by atoms with Gasteiger partial charge >= 0.3 is 0 Å². The molecule has 1 aliphatic rings. The molecule has 0 saturated heterocycles. The Balaban J connectivity index is 2.06. The first-order valence-electron chi connectivity index (χ1n) is 5.85. The summed E-state index contributed by atoms with van der Waals surface area (Å²) in [6, 6.07) is 16.9. The first kappa shape index (κ1) is 10.8. The van der Waals surface area contributed by atoms with E-state index in [1.807, 2.05) is 55.5 Å². The molecule has 1 atom stereocenters. The van der Waals surface area contributed by atoms with Gasteiger partial charge in [0.05, 0.1) is 5.56 Å². The molecule has 1 heterocycles. The minimum atomic E-state index is -0.813. The van der Waals surface area contributed by atoms with Gasteiger partial charge < -0.3 is 10.1 Å². The third-order valence-corrected chi connectivity index (χ3v) is 3.12. The molecule has 0 bridgehead atoms. The summed E-state index contributed by atoms with van der Waals surface area (Å²) < 4.78 is 5.94. The Labute approximate surface area is 105 Å². The van der Waals surface area contributed by atoms with Crippen molar-refractivity contribution in [1.82, 2.24) is 5.32 Å². The lowest BCUT2D eigenvalue weighted by atomic mass is 10.0. The molecule has 0 aliphatic carbocycles. The average Bonchev–Trinajstić information content (AvgIpc) is 2.40. The number of benzene rings is 2. The Kier molecular flexibility index (Phi) is 2.33. The molecule has 0 saturated carbocycles. The van der Waals surface area contributed by atoms with Crippen molar-refractivity contribution >= 4 is 5.91 Å². The molecule has 2 aromatic rings. The topological polar surface area (TPSA) is 38.3 Å². The molecule has 2 aromatic carbocycles. The minimum Gasteiger partial charge on any atom is -0.463 e. The van der Waals surface area contributed by atoms with E-state index < -0.39 is 5.72 Å². The van der Waals surface area contributed by atoms with Crippen molar-refractivity contribution in [2.24, 2.45) is 0 Å². The molecule has 0 aromatic heterocycles. The van der Waals surface area contributed by atoms with Crippen LogP contribution in [0.5, 0.6) is 5.75 Å². The predicted molar refractivity (Wildman–Crippen MR) is 68.3 cm³/mol. The van der Waals surface area contributed by atoms with Gasteiger partial charge in [0.1, 0.15) is 5.75 Å². The van der Waals surface area contributed by atoms with Gasteiger partial charge in [-0.2, -0.15) is 0 Å². The highest BCUT2D eigenvalue weighted by molar-refractivity contribution is 5.98. The van der Waals surface area contributed by atoms with E-state index in [-0.39, 0.29) is 5.91 Å². The minimum absolute atomic E-state index is 0.108. The molecule has 0 unspecified atom stereocenters. The van der Waals surface area contributed by atoms with Crippen molar-refractivity contribution in [3.8, 4) is 5.75 Å². The second-order valence-corrected chi connectivity index (χ2v) is 4.45. The van der Waals surface area contributed by atoms with E-state index in [1.54, 1.807) is 6.07 Å². The summed E-state index contributed by atoms with van der Waals surface area (Å²) in [6.07, 6.45) is 0. The zero-order valence-corrected chi connectivity index (χ0v) is 10.0. The van der Waals surface area contributed by atoms with E-state index in [2.05, 4.69) is 5.32 Å². The molecule has 1 N–H and O–H groups in total. The van der Waals surface area contributed by atoms with Gasteiger partial charge in [0.25, 0.3) is 5.91 Å². The molecule has 0 spiro atoms. The number of carbonyl (C=O) groups is 1. The summed E-state index contributed by atoms with van der Waals surface area (Å²) in [5.74, 6) is 0.510. The number of para-hydroxylation sites is 1.